The predicted octanol–water partition coefficient (Wildman–Crippen LogP) is 2.86. The Kier molecular flexibility index (Phi) is 5.41. The number of carbonyl (C=O) groups excluding carboxylic acids is 1. The van der Waals surface area contributed by atoms with Gasteiger partial charge in [0.15, 0.2) is 11.2 Å². The molecule has 1 aliphatic heterocycles. The lowest BCUT2D eigenvalue weighted by atomic mass is 9.95. The average Bonchev–Trinajstić information content (AvgIpc) is 3.23. The number of nitrogens with zero attached hydrogens (tertiary/aromatic N) is 5. The maximum atomic E-state index is 13.5. The van der Waals surface area contributed by atoms with E-state index in [2.05, 4.69) is 20.3 Å². The molecule has 0 saturated carbocycles. The zero-order chi connectivity index (χ0) is 22.9. The second-order valence-corrected chi connectivity index (χ2v) is 8.07. The Labute approximate surface area is 186 Å². The molecule has 2 aromatic carbocycles. The number of likely N-dealkylation sites (tertiary alicyclic amines) is 1. The standard InChI is InChI=1S/C23H20F2N6O2/c24-17-6-4-14(5-7-17)13-31-21-19(28-29-31)22(32)27-20(26-21)15-8-10-30(11-9-15)23(33)16-2-1-3-18(25)12-16/h1-7,12,15H,8-11,13H2,(H,26,27,32). The highest BCUT2D eigenvalue weighted by molar-refractivity contribution is 5.94. The normalized spacial score (nSPS) is 14.7. The van der Waals surface area contributed by atoms with Gasteiger partial charge in [-0.2, -0.15) is 0 Å². The SMILES string of the molecule is O=C(c1cccc(F)c1)N1CCC(c2nc3c(nnn3Cc3ccc(F)cc3)c(=O)[nH]2)CC1. The minimum Gasteiger partial charge on any atom is -0.339 e. The minimum atomic E-state index is -0.448. The molecule has 5 rings (SSSR count). The van der Waals surface area contributed by atoms with Crippen molar-refractivity contribution in [2.75, 3.05) is 13.1 Å². The van der Waals surface area contributed by atoms with Gasteiger partial charge < -0.3 is 9.88 Å². The number of fused-ring (bicyclic) bond motifs is 1. The van der Waals surface area contributed by atoms with E-state index in [1.54, 1.807) is 23.1 Å². The van der Waals surface area contributed by atoms with E-state index >= 15 is 0 Å². The fraction of sp³-hybridized carbons (Fsp3) is 0.261. The molecule has 1 aliphatic rings. The number of aromatic nitrogens is 5. The van der Waals surface area contributed by atoms with Crippen LogP contribution in [0.2, 0.25) is 0 Å². The van der Waals surface area contributed by atoms with Crippen molar-refractivity contribution in [2.24, 2.45) is 0 Å². The topological polar surface area (TPSA) is 96.8 Å². The zero-order valence-electron chi connectivity index (χ0n) is 17.5. The number of carbonyl (C=O) groups is 1. The highest BCUT2D eigenvalue weighted by atomic mass is 19.1. The Morgan fingerprint density at radius 2 is 1.82 bits per heavy atom. The molecule has 8 nitrogen and oxygen atoms in total. The van der Waals surface area contributed by atoms with Gasteiger partial charge in [0.2, 0.25) is 0 Å². The molecule has 1 N–H and O–H groups in total. The highest BCUT2D eigenvalue weighted by Crippen LogP contribution is 2.26. The Morgan fingerprint density at radius 1 is 1.06 bits per heavy atom. The van der Waals surface area contributed by atoms with Crippen molar-refractivity contribution in [3.05, 3.63) is 87.5 Å². The molecule has 1 fully saturated rings. The van der Waals surface area contributed by atoms with E-state index in [-0.39, 0.29) is 28.7 Å². The number of hydrogen-bond acceptors (Lipinski definition) is 5. The smallest absolute Gasteiger partial charge is 0.281 e. The monoisotopic (exact) mass is 450 g/mol. The van der Waals surface area contributed by atoms with Gasteiger partial charge in [-0.1, -0.05) is 23.4 Å². The van der Waals surface area contributed by atoms with Gasteiger partial charge in [0.05, 0.1) is 6.54 Å². The summed E-state index contributed by atoms with van der Waals surface area (Å²) in [5.74, 6) is -0.523. The van der Waals surface area contributed by atoms with Gasteiger partial charge in [0.25, 0.3) is 11.5 Å². The van der Waals surface area contributed by atoms with E-state index < -0.39 is 5.82 Å². The van der Waals surface area contributed by atoms with Crippen LogP contribution >= 0.6 is 0 Å². The molecule has 10 heteroatoms. The molecule has 168 valence electrons. The van der Waals surface area contributed by atoms with Gasteiger partial charge in [-0.05, 0) is 48.7 Å². The summed E-state index contributed by atoms with van der Waals surface area (Å²) < 4.78 is 28.2. The van der Waals surface area contributed by atoms with Crippen LogP contribution in [0.5, 0.6) is 0 Å². The minimum absolute atomic E-state index is 0.0483. The van der Waals surface area contributed by atoms with Crippen molar-refractivity contribution in [3.8, 4) is 0 Å². The number of H-pyrrole nitrogens is 1. The van der Waals surface area contributed by atoms with Crippen LogP contribution in [0.1, 0.15) is 40.5 Å². The molecule has 0 radical (unpaired) electrons. The summed E-state index contributed by atoms with van der Waals surface area (Å²) >= 11 is 0. The van der Waals surface area contributed by atoms with E-state index in [1.807, 2.05) is 0 Å². The van der Waals surface area contributed by atoms with Gasteiger partial charge in [-0.25, -0.2) is 18.4 Å². The van der Waals surface area contributed by atoms with Crippen LogP contribution in [0.4, 0.5) is 8.78 Å². The summed E-state index contributed by atoms with van der Waals surface area (Å²) in [7, 11) is 0. The number of aromatic amines is 1. The maximum Gasteiger partial charge on any atom is 0.281 e. The number of piperidine rings is 1. The van der Waals surface area contributed by atoms with Crippen molar-refractivity contribution in [2.45, 2.75) is 25.3 Å². The second-order valence-electron chi connectivity index (χ2n) is 8.07. The molecule has 0 bridgehead atoms. The van der Waals surface area contributed by atoms with Crippen LogP contribution in [0.15, 0.2) is 53.3 Å². The first kappa shape index (κ1) is 20.9. The molecule has 0 aliphatic carbocycles. The number of nitrogens with one attached hydrogen (secondary N) is 1. The third-order valence-electron chi connectivity index (χ3n) is 5.88. The van der Waals surface area contributed by atoms with Crippen LogP contribution in [0.25, 0.3) is 11.2 Å². The van der Waals surface area contributed by atoms with E-state index in [4.69, 9.17) is 0 Å². The van der Waals surface area contributed by atoms with E-state index in [1.165, 1.54) is 35.0 Å². The van der Waals surface area contributed by atoms with Crippen LogP contribution in [-0.4, -0.2) is 48.9 Å². The third-order valence-corrected chi connectivity index (χ3v) is 5.88. The van der Waals surface area contributed by atoms with E-state index in [9.17, 15) is 18.4 Å². The number of rotatable bonds is 4. The number of hydrogen-bond donors (Lipinski definition) is 1. The average molecular weight is 450 g/mol. The molecule has 0 unspecified atom stereocenters. The molecule has 0 atom stereocenters. The number of benzene rings is 2. The summed E-state index contributed by atoms with van der Waals surface area (Å²) in [6.45, 7) is 1.23. The quantitative estimate of drug-likeness (QED) is 0.516. The van der Waals surface area contributed by atoms with E-state index in [0.717, 1.165) is 5.56 Å². The lowest BCUT2D eigenvalue weighted by molar-refractivity contribution is 0.0710. The Morgan fingerprint density at radius 3 is 2.55 bits per heavy atom. The molecule has 2 aromatic heterocycles. The van der Waals surface area contributed by atoms with Crippen molar-refractivity contribution >= 4 is 17.1 Å². The molecular formula is C23H20F2N6O2. The van der Waals surface area contributed by atoms with Gasteiger partial charge in [-0.3, -0.25) is 9.59 Å². The van der Waals surface area contributed by atoms with Crippen molar-refractivity contribution in [1.29, 1.82) is 0 Å². The first-order valence-corrected chi connectivity index (χ1v) is 10.6. The van der Waals surface area contributed by atoms with E-state index in [0.29, 0.717) is 49.5 Å². The van der Waals surface area contributed by atoms with Gasteiger partial charge in [-0.15, -0.1) is 5.10 Å². The van der Waals surface area contributed by atoms with Gasteiger partial charge >= 0.3 is 0 Å². The molecule has 1 saturated heterocycles. The highest BCUT2D eigenvalue weighted by Gasteiger charge is 2.27. The van der Waals surface area contributed by atoms with Crippen LogP contribution in [0.3, 0.4) is 0 Å². The lowest BCUT2D eigenvalue weighted by Crippen LogP contribution is -2.38. The third kappa shape index (κ3) is 4.23. The second kappa shape index (κ2) is 8.53. The number of halogens is 2. The zero-order valence-corrected chi connectivity index (χ0v) is 17.5. The van der Waals surface area contributed by atoms with Gasteiger partial charge in [0, 0.05) is 24.6 Å². The first-order valence-electron chi connectivity index (χ1n) is 10.6. The van der Waals surface area contributed by atoms with Crippen molar-refractivity contribution in [3.63, 3.8) is 0 Å². The summed E-state index contributed by atoms with van der Waals surface area (Å²) in [5.41, 5.74) is 1.24. The Bertz CT molecular complexity index is 1370. The van der Waals surface area contributed by atoms with Crippen LogP contribution < -0.4 is 5.56 Å². The Balaban J connectivity index is 1.34. The van der Waals surface area contributed by atoms with Crippen molar-refractivity contribution < 1.29 is 13.6 Å². The molecule has 3 heterocycles. The Hall–Kier alpha value is -3.95. The largest absolute Gasteiger partial charge is 0.339 e. The van der Waals surface area contributed by atoms with Crippen LogP contribution in [0, 0.1) is 11.6 Å². The lowest BCUT2D eigenvalue weighted by Gasteiger charge is -2.31. The summed E-state index contributed by atoms with van der Waals surface area (Å²) in [6.07, 6.45) is 1.21. The molecule has 33 heavy (non-hydrogen) atoms. The number of amides is 1. The fourth-order valence-corrected chi connectivity index (χ4v) is 4.11. The summed E-state index contributed by atoms with van der Waals surface area (Å²) in [5, 5.41) is 7.99. The van der Waals surface area contributed by atoms with Crippen LogP contribution in [-0.2, 0) is 6.54 Å². The molecule has 0 spiro atoms. The van der Waals surface area contributed by atoms with Gasteiger partial charge in [0.1, 0.15) is 17.5 Å². The molecular weight excluding hydrogens is 430 g/mol. The van der Waals surface area contributed by atoms with Crippen molar-refractivity contribution in [1.82, 2.24) is 29.9 Å². The summed E-state index contributed by atoms with van der Waals surface area (Å²) in [6, 6.07) is 11.7. The maximum absolute atomic E-state index is 13.5. The molecule has 1 amide bonds. The fourth-order valence-electron chi connectivity index (χ4n) is 4.11. The first-order chi connectivity index (χ1) is 16.0. The summed E-state index contributed by atoms with van der Waals surface area (Å²) in [4.78, 5) is 34.4. The predicted molar refractivity (Wildman–Crippen MR) is 116 cm³/mol. The molecule has 4 aromatic rings.